The molecule has 0 amide bonds. The summed E-state index contributed by atoms with van der Waals surface area (Å²) in [6, 6.07) is 13.3. The summed E-state index contributed by atoms with van der Waals surface area (Å²) >= 11 is 0. The lowest BCUT2D eigenvalue weighted by molar-refractivity contribution is 0.625. The quantitative estimate of drug-likeness (QED) is 0.563. The predicted molar refractivity (Wildman–Crippen MR) is 88.6 cm³/mol. The molecular weight excluding hydrogens is 309 g/mol. The second kappa shape index (κ2) is 5.58. The van der Waals surface area contributed by atoms with Gasteiger partial charge >= 0.3 is 0 Å². The van der Waals surface area contributed by atoms with E-state index < -0.39 is 0 Å². The molecule has 0 unspecified atom stereocenters. The topological polar surface area (TPSA) is 94.5 Å². The molecule has 0 spiro atoms. The number of aromatic nitrogens is 5. The third-order valence-corrected chi connectivity index (χ3v) is 3.39. The first kappa shape index (κ1) is 14.1. The standard InChI is InChI=1S/C16H12FN7/c17-10-3-1-6-13(7-10)24-15-14(22-23-24)9-19-16(21-15)20-12-5-2-4-11(18)8-12/h1-9H,18H2,(H,19,20,21). The Hall–Kier alpha value is -3.55. The Morgan fingerprint density at radius 2 is 1.96 bits per heavy atom. The molecule has 0 bridgehead atoms. The lowest BCUT2D eigenvalue weighted by Crippen LogP contribution is -2.01. The van der Waals surface area contributed by atoms with E-state index in [9.17, 15) is 4.39 Å². The number of nitrogens with zero attached hydrogens (tertiary/aromatic N) is 5. The van der Waals surface area contributed by atoms with Crippen LogP contribution in [0.15, 0.2) is 54.7 Å². The Labute approximate surface area is 136 Å². The normalized spacial score (nSPS) is 10.9. The van der Waals surface area contributed by atoms with Gasteiger partial charge in [-0.15, -0.1) is 5.10 Å². The monoisotopic (exact) mass is 321 g/mol. The van der Waals surface area contributed by atoms with Crippen molar-refractivity contribution in [1.29, 1.82) is 0 Å². The van der Waals surface area contributed by atoms with Gasteiger partial charge in [-0.3, -0.25) is 0 Å². The number of nitrogens with one attached hydrogen (secondary N) is 1. The summed E-state index contributed by atoms with van der Waals surface area (Å²) in [6.07, 6.45) is 1.56. The van der Waals surface area contributed by atoms with E-state index in [-0.39, 0.29) is 5.82 Å². The Morgan fingerprint density at radius 1 is 1.08 bits per heavy atom. The molecule has 3 N–H and O–H groups in total. The van der Waals surface area contributed by atoms with Crippen molar-refractivity contribution in [2.45, 2.75) is 0 Å². The molecule has 2 aromatic heterocycles. The molecule has 0 aliphatic rings. The minimum absolute atomic E-state index is 0.358. The zero-order valence-corrected chi connectivity index (χ0v) is 12.4. The number of rotatable bonds is 3. The van der Waals surface area contributed by atoms with Crippen LogP contribution in [-0.4, -0.2) is 25.0 Å². The van der Waals surface area contributed by atoms with Crippen LogP contribution in [-0.2, 0) is 0 Å². The summed E-state index contributed by atoms with van der Waals surface area (Å²) < 4.78 is 14.9. The minimum atomic E-state index is -0.358. The Morgan fingerprint density at radius 3 is 2.79 bits per heavy atom. The minimum Gasteiger partial charge on any atom is -0.399 e. The average molecular weight is 321 g/mol. The van der Waals surface area contributed by atoms with Gasteiger partial charge in [0.15, 0.2) is 11.2 Å². The summed E-state index contributed by atoms with van der Waals surface area (Å²) in [5.41, 5.74) is 8.67. The molecule has 0 aliphatic carbocycles. The largest absolute Gasteiger partial charge is 0.399 e. The second-order valence-electron chi connectivity index (χ2n) is 5.13. The number of halogens is 1. The van der Waals surface area contributed by atoms with Crippen molar-refractivity contribution in [3.05, 3.63) is 60.5 Å². The van der Waals surface area contributed by atoms with Gasteiger partial charge in [0.1, 0.15) is 5.82 Å². The Bertz CT molecular complexity index is 1030. The number of hydrogen-bond acceptors (Lipinski definition) is 6. The van der Waals surface area contributed by atoms with E-state index in [1.807, 2.05) is 12.1 Å². The van der Waals surface area contributed by atoms with Gasteiger partial charge < -0.3 is 11.1 Å². The fourth-order valence-electron chi connectivity index (χ4n) is 2.32. The van der Waals surface area contributed by atoms with Gasteiger partial charge in [-0.25, -0.2) is 9.37 Å². The van der Waals surface area contributed by atoms with Crippen molar-refractivity contribution in [3.63, 3.8) is 0 Å². The molecular formula is C16H12FN7. The number of nitrogen functional groups attached to an aromatic ring is 1. The van der Waals surface area contributed by atoms with Crippen LogP contribution in [0.3, 0.4) is 0 Å². The van der Waals surface area contributed by atoms with Crippen molar-refractivity contribution >= 4 is 28.5 Å². The molecule has 0 atom stereocenters. The van der Waals surface area contributed by atoms with Gasteiger partial charge in [0.05, 0.1) is 11.9 Å². The zero-order valence-electron chi connectivity index (χ0n) is 12.4. The summed E-state index contributed by atoms with van der Waals surface area (Å²) in [7, 11) is 0. The average Bonchev–Trinajstić information content (AvgIpc) is 2.98. The summed E-state index contributed by atoms with van der Waals surface area (Å²) in [6.45, 7) is 0. The lowest BCUT2D eigenvalue weighted by atomic mass is 10.3. The van der Waals surface area contributed by atoms with Crippen LogP contribution in [0.25, 0.3) is 16.9 Å². The van der Waals surface area contributed by atoms with E-state index >= 15 is 0 Å². The molecule has 0 saturated heterocycles. The molecule has 7 nitrogen and oxygen atoms in total. The highest BCUT2D eigenvalue weighted by Crippen LogP contribution is 2.19. The highest BCUT2D eigenvalue weighted by Gasteiger charge is 2.11. The highest BCUT2D eigenvalue weighted by molar-refractivity contribution is 5.73. The molecule has 2 heterocycles. The van der Waals surface area contributed by atoms with Crippen LogP contribution in [0, 0.1) is 5.82 Å². The van der Waals surface area contributed by atoms with Crippen molar-refractivity contribution < 1.29 is 4.39 Å². The van der Waals surface area contributed by atoms with Crippen LogP contribution in [0.2, 0.25) is 0 Å². The van der Waals surface area contributed by atoms with Gasteiger partial charge in [-0.2, -0.15) is 9.67 Å². The van der Waals surface area contributed by atoms with Gasteiger partial charge in [0, 0.05) is 11.4 Å². The van der Waals surface area contributed by atoms with E-state index in [0.29, 0.717) is 28.5 Å². The van der Waals surface area contributed by atoms with Gasteiger partial charge in [-0.1, -0.05) is 17.3 Å². The molecule has 0 aliphatic heterocycles. The molecule has 24 heavy (non-hydrogen) atoms. The molecule has 0 radical (unpaired) electrons. The van der Waals surface area contributed by atoms with Crippen molar-refractivity contribution in [2.24, 2.45) is 0 Å². The smallest absolute Gasteiger partial charge is 0.229 e. The molecule has 8 heteroatoms. The molecule has 4 rings (SSSR count). The van der Waals surface area contributed by atoms with E-state index in [2.05, 4.69) is 25.6 Å². The number of benzene rings is 2. The number of hydrogen-bond donors (Lipinski definition) is 2. The van der Waals surface area contributed by atoms with Gasteiger partial charge in [0.25, 0.3) is 0 Å². The molecule has 0 fully saturated rings. The lowest BCUT2D eigenvalue weighted by Gasteiger charge is -2.06. The maximum atomic E-state index is 13.4. The van der Waals surface area contributed by atoms with Crippen molar-refractivity contribution in [1.82, 2.24) is 25.0 Å². The van der Waals surface area contributed by atoms with Crippen LogP contribution >= 0.6 is 0 Å². The fourth-order valence-corrected chi connectivity index (χ4v) is 2.32. The zero-order chi connectivity index (χ0) is 16.5. The first-order valence-electron chi connectivity index (χ1n) is 7.16. The predicted octanol–water partition coefficient (Wildman–Crippen LogP) is 2.68. The van der Waals surface area contributed by atoms with Gasteiger partial charge in [-0.05, 0) is 36.4 Å². The first-order chi connectivity index (χ1) is 11.7. The highest BCUT2D eigenvalue weighted by atomic mass is 19.1. The summed E-state index contributed by atoms with van der Waals surface area (Å²) in [5.74, 6) is 0.0105. The van der Waals surface area contributed by atoms with Crippen LogP contribution in [0.4, 0.5) is 21.7 Å². The van der Waals surface area contributed by atoms with E-state index in [1.54, 1.807) is 30.5 Å². The van der Waals surface area contributed by atoms with E-state index in [0.717, 1.165) is 5.69 Å². The number of anilines is 3. The maximum absolute atomic E-state index is 13.4. The van der Waals surface area contributed by atoms with E-state index in [4.69, 9.17) is 5.73 Å². The molecule has 4 aromatic rings. The SMILES string of the molecule is Nc1cccc(Nc2ncc3nnn(-c4cccc(F)c4)c3n2)c1. The fraction of sp³-hybridized carbons (Fsp3) is 0. The summed E-state index contributed by atoms with van der Waals surface area (Å²) in [5, 5.41) is 11.1. The molecule has 118 valence electrons. The summed E-state index contributed by atoms with van der Waals surface area (Å²) in [4.78, 5) is 8.62. The number of fused-ring (bicyclic) bond motifs is 1. The number of nitrogens with two attached hydrogens (primary N) is 1. The molecule has 0 saturated carbocycles. The van der Waals surface area contributed by atoms with Crippen molar-refractivity contribution in [2.75, 3.05) is 11.1 Å². The first-order valence-corrected chi connectivity index (χ1v) is 7.16. The van der Waals surface area contributed by atoms with Gasteiger partial charge in [0.2, 0.25) is 5.95 Å². The molecule has 2 aromatic carbocycles. The van der Waals surface area contributed by atoms with Crippen LogP contribution < -0.4 is 11.1 Å². The third kappa shape index (κ3) is 2.60. The Balaban J connectivity index is 1.76. The Kier molecular flexibility index (Phi) is 3.27. The van der Waals surface area contributed by atoms with Crippen LogP contribution in [0.5, 0.6) is 0 Å². The maximum Gasteiger partial charge on any atom is 0.229 e. The third-order valence-electron chi connectivity index (χ3n) is 3.39. The van der Waals surface area contributed by atoms with Crippen molar-refractivity contribution in [3.8, 4) is 5.69 Å². The van der Waals surface area contributed by atoms with Crippen LogP contribution in [0.1, 0.15) is 0 Å². The second-order valence-corrected chi connectivity index (χ2v) is 5.13. The van der Waals surface area contributed by atoms with E-state index in [1.165, 1.54) is 16.8 Å².